The van der Waals surface area contributed by atoms with E-state index in [0.717, 1.165) is 18.5 Å². The van der Waals surface area contributed by atoms with Gasteiger partial charge in [-0.05, 0) is 25.5 Å². The molecule has 2 heterocycles. The highest BCUT2D eigenvalue weighted by Gasteiger charge is 2.22. The number of rotatable bonds is 3. The molecule has 0 saturated carbocycles. The summed E-state index contributed by atoms with van der Waals surface area (Å²) in [6.07, 6.45) is 6.22. The average Bonchev–Trinajstić information content (AvgIpc) is 2.39. The Morgan fingerprint density at radius 1 is 1.50 bits per heavy atom. The third-order valence-electron chi connectivity index (χ3n) is 3.04. The number of nitrogens with zero attached hydrogens (tertiary/aromatic N) is 1. The number of aliphatic hydroxyl groups excluding tert-OH is 1. The summed E-state index contributed by atoms with van der Waals surface area (Å²) in [6.45, 7) is 0.985. The van der Waals surface area contributed by atoms with Crippen LogP contribution >= 0.6 is 0 Å². The van der Waals surface area contributed by atoms with Crippen molar-refractivity contribution in [1.82, 2.24) is 10.3 Å². The lowest BCUT2D eigenvalue weighted by molar-refractivity contribution is 0.113. The van der Waals surface area contributed by atoms with Crippen LogP contribution in [0.4, 0.5) is 0 Å². The Labute approximate surface area is 95.7 Å². The molecule has 1 saturated heterocycles. The summed E-state index contributed by atoms with van der Waals surface area (Å²) in [5, 5.41) is 13.5. The molecule has 0 radical (unpaired) electrons. The quantitative estimate of drug-likeness (QED) is 0.808. The molecule has 2 unspecified atom stereocenters. The molecule has 2 rings (SSSR count). The van der Waals surface area contributed by atoms with Crippen LogP contribution in [-0.4, -0.2) is 29.8 Å². The van der Waals surface area contributed by atoms with Crippen molar-refractivity contribution >= 4 is 0 Å². The minimum absolute atomic E-state index is 0.141. The molecular formula is C12H18N2O2. The van der Waals surface area contributed by atoms with Crippen LogP contribution in [0, 0.1) is 0 Å². The number of aliphatic hydroxyl groups is 1. The Morgan fingerprint density at radius 2 is 2.38 bits per heavy atom. The van der Waals surface area contributed by atoms with Crippen molar-refractivity contribution in [2.24, 2.45) is 0 Å². The first kappa shape index (κ1) is 11.4. The van der Waals surface area contributed by atoms with Crippen molar-refractivity contribution in [2.45, 2.75) is 31.4 Å². The van der Waals surface area contributed by atoms with Crippen molar-refractivity contribution in [1.29, 1.82) is 0 Å². The number of methoxy groups -OCH3 is 1. The number of hydrogen-bond donors (Lipinski definition) is 2. The minimum Gasteiger partial charge on any atom is -0.495 e. The fourth-order valence-electron chi connectivity index (χ4n) is 2.09. The molecule has 2 atom stereocenters. The third kappa shape index (κ3) is 2.51. The van der Waals surface area contributed by atoms with Gasteiger partial charge in [0.25, 0.3) is 0 Å². The Hall–Kier alpha value is -1.13. The van der Waals surface area contributed by atoms with Gasteiger partial charge in [0.05, 0.1) is 19.4 Å². The Kier molecular flexibility index (Phi) is 3.74. The van der Waals surface area contributed by atoms with Crippen molar-refractivity contribution in [2.75, 3.05) is 13.7 Å². The zero-order chi connectivity index (χ0) is 11.4. The number of aromatic nitrogens is 1. The van der Waals surface area contributed by atoms with Crippen molar-refractivity contribution in [3.63, 3.8) is 0 Å². The van der Waals surface area contributed by atoms with Gasteiger partial charge in [0, 0.05) is 17.8 Å². The maximum Gasteiger partial charge on any atom is 0.137 e. The maximum atomic E-state index is 10.2. The maximum absolute atomic E-state index is 10.2. The predicted octanol–water partition coefficient (Wildman–Crippen LogP) is 1.27. The number of ether oxygens (including phenoxy) is 1. The normalized spacial score (nSPS) is 22.8. The first-order valence-corrected chi connectivity index (χ1v) is 5.71. The van der Waals surface area contributed by atoms with E-state index in [1.807, 2.05) is 6.07 Å². The van der Waals surface area contributed by atoms with Crippen LogP contribution < -0.4 is 10.1 Å². The summed E-state index contributed by atoms with van der Waals surface area (Å²) < 4.78 is 5.10. The molecule has 0 amide bonds. The second-order valence-electron chi connectivity index (χ2n) is 4.16. The van der Waals surface area contributed by atoms with Crippen molar-refractivity contribution in [3.05, 3.63) is 24.0 Å². The van der Waals surface area contributed by atoms with Gasteiger partial charge in [-0.15, -0.1) is 0 Å². The predicted molar refractivity (Wildman–Crippen MR) is 61.4 cm³/mol. The van der Waals surface area contributed by atoms with Crippen LogP contribution in [0.2, 0.25) is 0 Å². The molecule has 0 aromatic carbocycles. The first-order chi connectivity index (χ1) is 7.81. The second kappa shape index (κ2) is 5.27. The van der Waals surface area contributed by atoms with Gasteiger partial charge in [-0.25, -0.2) is 0 Å². The lowest BCUT2D eigenvalue weighted by atomic mass is 9.96. The highest BCUT2D eigenvalue weighted by atomic mass is 16.5. The van der Waals surface area contributed by atoms with E-state index in [9.17, 15) is 5.11 Å². The molecule has 1 aliphatic rings. The number of piperidine rings is 1. The standard InChI is InChI=1S/C12H18N2O2/c1-16-10-6-9(7-13-8-10)12(15)11-4-2-3-5-14-11/h6-8,11-12,14-15H,2-5H2,1H3. The largest absolute Gasteiger partial charge is 0.495 e. The van der Waals surface area contributed by atoms with E-state index >= 15 is 0 Å². The van der Waals surface area contributed by atoms with Gasteiger partial charge in [-0.1, -0.05) is 6.42 Å². The molecule has 1 aromatic rings. The molecule has 2 N–H and O–H groups in total. The molecule has 0 aliphatic carbocycles. The van der Waals surface area contributed by atoms with E-state index in [1.54, 1.807) is 19.5 Å². The summed E-state index contributed by atoms with van der Waals surface area (Å²) in [6, 6.07) is 1.98. The molecule has 1 aliphatic heterocycles. The molecule has 0 bridgehead atoms. The highest BCUT2D eigenvalue weighted by molar-refractivity contribution is 5.25. The van der Waals surface area contributed by atoms with Crippen LogP contribution in [0.15, 0.2) is 18.5 Å². The Morgan fingerprint density at radius 3 is 3.06 bits per heavy atom. The topological polar surface area (TPSA) is 54.4 Å². The monoisotopic (exact) mass is 222 g/mol. The van der Waals surface area contributed by atoms with E-state index in [-0.39, 0.29) is 6.04 Å². The van der Waals surface area contributed by atoms with Gasteiger partial charge < -0.3 is 15.2 Å². The molecule has 16 heavy (non-hydrogen) atoms. The fourth-order valence-corrected chi connectivity index (χ4v) is 2.09. The van der Waals surface area contributed by atoms with Crippen LogP contribution in [0.3, 0.4) is 0 Å². The third-order valence-corrected chi connectivity index (χ3v) is 3.04. The van der Waals surface area contributed by atoms with Crippen LogP contribution in [0.1, 0.15) is 30.9 Å². The zero-order valence-corrected chi connectivity index (χ0v) is 9.52. The van der Waals surface area contributed by atoms with E-state index in [4.69, 9.17) is 4.74 Å². The second-order valence-corrected chi connectivity index (χ2v) is 4.16. The molecule has 4 nitrogen and oxygen atoms in total. The highest BCUT2D eigenvalue weighted by Crippen LogP contribution is 2.24. The van der Waals surface area contributed by atoms with Crippen LogP contribution in [-0.2, 0) is 0 Å². The molecular weight excluding hydrogens is 204 g/mol. The van der Waals surface area contributed by atoms with Gasteiger partial charge in [-0.2, -0.15) is 0 Å². The SMILES string of the molecule is COc1cncc(C(O)C2CCCCN2)c1. The Bertz CT molecular complexity index is 338. The van der Waals surface area contributed by atoms with Crippen molar-refractivity contribution in [3.8, 4) is 5.75 Å². The number of nitrogens with one attached hydrogen (secondary N) is 1. The molecule has 4 heteroatoms. The van der Waals surface area contributed by atoms with Gasteiger partial charge >= 0.3 is 0 Å². The lowest BCUT2D eigenvalue weighted by Crippen LogP contribution is -2.38. The summed E-state index contributed by atoms with van der Waals surface area (Å²) in [7, 11) is 1.60. The smallest absolute Gasteiger partial charge is 0.137 e. The van der Waals surface area contributed by atoms with Gasteiger partial charge in [0.1, 0.15) is 5.75 Å². The lowest BCUT2D eigenvalue weighted by Gasteiger charge is -2.28. The van der Waals surface area contributed by atoms with E-state index < -0.39 is 6.10 Å². The van der Waals surface area contributed by atoms with Crippen LogP contribution in [0.25, 0.3) is 0 Å². The molecule has 0 spiro atoms. The molecule has 1 aromatic heterocycles. The fraction of sp³-hybridized carbons (Fsp3) is 0.583. The average molecular weight is 222 g/mol. The van der Waals surface area contributed by atoms with E-state index in [0.29, 0.717) is 5.75 Å². The molecule has 88 valence electrons. The van der Waals surface area contributed by atoms with Gasteiger partial charge in [-0.3, -0.25) is 4.98 Å². The number of pyridine rings is 1. The van der Waals surface area contributed by atoms with E-state index in [2.05, 4.69) is 10.3 Å². The first-order valence-electron chi connectivity index (χ1n) is 5.71. The van der Waals surface area contributed by atoms with Crippen LogP contribution in [0.5, 0.6) is 5.75 Å². The molecule has 1 fully saturated rings. The minimum atomic E-state index is -0.497. The van der Waals surface area contributed by atoms with Crippen molar-refractivity contribution < 1.29 is 9.84 Å². The summed E-state index contributed by atoms with van der Waals surface area (Å²) in [5.74, 6) is 0.687. The zero-order valence-electron chi connectivity index (χ0n) is 9.52. The summed E-state index contributed by atoms with van der Waals surface area (Å²) in [5.41, 5.74) is 0.818. The summed E-state index contributed by atoms with van der Waals surface area (Å²) in [4.78, 5) is 4.06. The van der Waals surface area contributed by atoms with E-state index in [1.165, 1.54) is 12.8 Å². The Balaban J connectivity index is 2.09. The van der Waals surface area contributed by atoms with Gasteiger partial charge in [0.2, 0.25) is 0 Å². The van der Waals surface area contributed by atoms with Gasteiger partial charge in [0.15, 0.2) is 0 Å². The number of hydrogen-bond acceptors (Lipinski definition) is 4. The summed E-state index contributed by atoms with van der Waals surface area (Å²) >= 11 is 0.